The van der Waals surface area contributed by atoms with Crippen molar-refractivity contribution in [3.63, 3.8) is 0 Å². The molecule has 0 aliphatic heterocycles. The summed E-state index contributed by atoms with van der Waals surface area (Å²) in [5.74, 6) is 1.21. The van der Waals surface area contributed by atoms with E-state index in [4.69, 9.17) is 4.74 Å². The van der Waals surface area contributed by atoms with E-state index < -0.39 is 6.36 Å². The second-order valence-electron chi connectivity index (χ2n) is 11.1. The molecule has 0 aliphatic carbocycles. The molecule has 0 fully saturated rings. The van der Waals surface area contributed by atoms with Crippen LogP contribution in [0.25, 0.3) is 22.8 Å². The molecular weight excluding hydrogens is 629 g/mol. The van der Waals surface area contributed by atoms with Gasteiger partial charge in [0, 0.05) is 29.2 Å². The summed E-state index contributed by atoms with van der Waals surface area (Å²) in [4.78, 5) is 22.1. The molecule has 47 heavy (non-hydrogen) atoms. The number of aromatic nitrogens is 4. The Morgan fingerprint density at radius 3 is 2.43 bits per heavy atom. The summed E-state index contributed by atoms with van der Waals surface area (Å²) in [7, 11) is 1.64. The summed E-state index contributed by atoms with van der Waals surface area (Å²) in [5, 5.41) is 9.35. The monoisotopic (exact) mass is 664 g/mol. The number of unbranched alkanes of at least 4 members (excludes halogenated alkanes) is 1. The molecule has 0 atom stereocenters. The number of rotatable bonds is 11. The number of ether oxygens (including phenoxy) is 2. The number of halogens is 3. The van der Waals surface area contributed by atoms with Gasteiger partial charge in [0.25, 0.3) is 0 Å². The Labute approximate surface area is 274 Å². The quantitative estimate of drug-likeness (QED) is 0.146. The molecule has 246 valence electrons. The normalized spacial score (nSPS) is 12.0. The lowest BCUT2D eigenvalue weighted by molar-refractivity contribution is -0.274. The Bertz CT molecular complexity index is 1880. The number of benzene rings is 3. The molecule has 2 heterocycles. The van der Waals surface area contributed by atoms with E-state index in [9.17, 15) is 18.0 Å². The number of methoxy groups -OCH3 is 1. The third-order valence-electron chi connectivity index (χ3n) is 7.38. The van der Waals surface area contributed by atoms with Crippen LogP contribution < -0.4 is 19.6 Å². The van der Waals surface area contributed by atoms with E-state index in [-0.39, 0.29) is 17.7 Å². The maximum atomic E-state index is 12.7. The maximum Gasteiger partial charge on any atom is 0.573 e. The summed E-state index contributed by atoms with van der Waals surface area (Å²) < 4.78 is 50.1. The summed E-state index contributed by atoms with van der Waals surface area (Å²) in [6.45, 7) is 6.76. The minimum absolute atomic E-state index is 0.278. The topological polar surface area (TPSA) is 95.6 Å². The molecule has 5 aromatic rings. The lowest BCUT2D eigenvalue weighted by Gasteiger charge is -2.16. The highest BCUT2D eigenvalue weighted by atomic mass is 32.1. The van der Waals surface area contributed by atoms with Crippen LogP contribution in [0.15, 0.2) is 83.4 Å². The van der Waals surface area contributed by atoms with Crippen LogP contribution in [-0.4, -0.2) is 45.4 Å². The zero-order valence-electron chi connectivity index (χ0n) is 26.4. The van der Waals surface area contributed by atoms with Gasteiger partial charge in [0.1, 0.15) is 17.8 Å². The van der Waals surface area contributed by atoms with E-state index in [1.165, 1.54) is 46.6 Å². The molecule has 0 aliphatic rings. The number of carbonyl (C=O) groups excluding carboxylic acids is 1. The van der Waals surface area contributed by atoms with Crippen molar-refractivity contribution < 1.29 is 27.4 Å². The number of nitrogens with zero attached hydrogens (tertiary/aromatic N) is 5. The predicted octanol–water partition coefficient (Wildman–Crippen LogP) is 7.76. The van der Waals surface area contributed by atoms with Gasteiger partial charge in [0.05, 0.1) is 18.5 Å². The predicted molar refractivity (Wildman–Crippen MR) is 174 cm³/mol. The number of nitrogens with one attached hydrogen (secondary N) is 1. The molecule has 3 aromatic carbocycles. The van der Waals surface area contributed by atoms with Crippen LogP contribution in [0.3, 0.4) is 0 Å². The number of amides is 2. The van der Waals surface area contributed by atoms with Gasteiger partial charge in [-0.2, -0.15) is 4.99 Å². The molecule has 5 rings (SSSR count). The Balaban J connectivity index is 1.12. The first-order valence-corrected chi connectivity index (χ1v) is 15.9. The van der Waals surface area contributed by atoms with Crippen molar-refractivity contribution in [3.05, 3.63) is 100 Å². The van der Waals surface area contributed by atoms with E-state index in [1.807, 2.05) is 53.3 Å². The molecular formula is C34H35F3N6O3S. The Hall–Kier alpha value is -4.91. The first kappa shape index (κ1) is 33.5. The number of alkyl halides is 3. The molecule has 1 N–H and O–H groups in total. The molecule has 0 unspecified atom stereocenters. The van der Waals surface area contributed by atoms with Crippen molar-refractivity contribution in [1.29, 1.82) is 0 Å². The van der Waals surface area contributed by atoms with Gasteiger partial charge in [-0.3, -0.25) is 4.57 Å². The van der Waals surface area contributed by atoms with Crippen molar-refractivity contribution in [2.75, 3.05) is 13.7 Å². The van der Waals surface area contributed by atoms with Gasteiger partial charge < -0.3 is 14.8 Å². The molecule has 13 heteroatoms. The molecule has 0 radical (unpaired) electrons. The molecule has 2 aromatic heterocycles. The van der Waals surface area contributed by atoms with Gasteiger partial charge in [0.2, 0.25) is 0 Å². The number of thiazole rings is 1. The summed E-state index contributed by atoms with van der Waals surface area (Å²) >= 11 is 1.42. The minimum Gasteiger partial charge on any atom is -0.497 e. The van der Waals surface area contributed by atoms with Crippen LogP contribution in [0.2, 0.25) is 0 Å². The lowest BCUT2D eigenvalue weighted by atomic mass is 10.0. The fraction of sp³-hybridized carbons (Fsp3) is 0.294. The second kappa shape index (κ2) is 14.7. The van der Waals surface area contributed by atoms with Gasteiger partial charge in [-0.1, -0.05) is 44.2 Å². The van der Waals surface area contributed by atoms with E-state index >= 15 is 0 Å². The minimum atomic E-state index is -4.74. The van der Waals surface area contributed by atoms with Gasteiger partial charge in [-0.05, 0) is 73.6 Å². The first-order chi connectivity index (χ1) is 22.5. The number of hydrogen-bond acceptors (Lipinski definition) is 6. The highest BCUT2D eigenvalue weighted by molar-refractivity contribution is 7.07. The largest absolute Gasteiger partial charge is 0.573 e. The lowest BCUT2D eigenvalue weighted by Crippen LogP contribution is -2.25. The van der Waals surface area contributed by atoms with Crippen LogP contribution in [0.5, 0.6) is 11.5 Å². The zero-order chi connectivity index (χ0) is 33.6. The summed E-state index contributed by atoms with van der Waals surface area (Å²) in [6.07, 6.45) is -0.742. The standard InChI is InChI=1S/C34H35F3N6O3S/c1-22(2)29-17-16-28(45-4)19-30(29)43-23(3)20-47-33(43)40-32(44)38-18-6-5-7-24-8-10-25(11-9-24)31-39-21-42(41-31)26-12-14-27(15-13-26)46-34(35,36)37/h8-17,19-22H,5-7,18H2,1-4H3,(H,38,44)/b40-33-. The molecule has 0 bridgehead atoms. The zero-order valence-corrected chi connectivity index (χ0v) is 27.2. The van der Waals surface area contributed by atoms with Crippen LogP contribution in [-0.2, 0) is 6.42 Å². The van der Waals surface area contributed by atoms with E-state index in [0.717, 1.165) is 53.1 Å². The third kappa shape index (κ3) is 8.67. The molecule has 0 spiro atoms. The number of hydrogen-bond donors (Lipinski definition) is 1. The second-order valence-corrected chi connectivity index (χ2v) is 12.0. The van der Waals surface area contributed by atoms with Crippen molar-refractivity contribution in [2.45, 2.75) is 52.3 Å². The Morgan fingerprint density at radius 1 is 1.02 bits per heavy atom. The molecule has 0 saturated carbocycles. The van der Waals surface area contributed by atoms with E-state index in [1.54, 1.807) is 7.11 Å². The molecule has 9 nitrogen and oxygen atoms in total. The third-order valence-corrected chi connectivity index (χ3v) is 8.33. The van der Waals surface area contributed by atoms with Crippen molar-refractivity contribution in [2.24, 2.45) is 4.99 Å². The van der Waals surface area contributed by atoms with Crippen molar-refractivity contribution in [3.8, 4) is 34.3 Å². The van der Waals surface area contributed by atoms with E-state index in [2.05, 4.69) is 45.0 Å². The average Bonchev–Trinajstić information content (AvgIpc) is 3.67. The van der Waals surface area contributed by atoms with Gasteiger partial charge in [-0.25, -0.2) is 14.5 Å². The van der Waals surface area contributed by atoms with Crippen LogP contribution >= 0.6 is 11.3 Å². The van der Waals surface area contributed by atoms with Gasteiger partial charge >= 0.3 is 12.4 Å². The number of aryl methyl sites for hydroxylation is 2. The maximum absolute atomic E-state index is 12.7. The average molecular weight is 665 g/mol. The van der Waals surface area contributed by atoms with Crippen LogP contribution in [0.1, 0.15) is 49.4 Å². The molecule has 0 saturated heterocycles. The van der Waals surface area contributed by atoms with E-state index in [0.29, 0.717) is 22.9 Å². The highest BCUT2D eigenvalue weighted by Crippen LogP contribution is 2.28. The smallest absolute Gasteiger partial charge is 0.497 e. The first-order valence-electron chi connectivity index (χ1n) is 15.1. The SMILES string of the molecule is COc1ccc(C(C)C)c(-n2c(C)cs/c2=N\C(=O)NCCCCc2ccc(-c3ncn(-c4ccc(OC(F)(F)F)cc4)n3)cc2)c1. The summed E-state index contributed by atoms with van der Waals surface area (Å²) in [6, 6.07) is 18.9. The van der Waals surface area contributed by atoms with Gasteiger partial charge in [0.15, 0.2) is 10.6 Å². The summed E-state index contributed by atoms with van der Waals surface area (Å²) in [5.41, 5.74) is 5.58. The van der Waals surface area contributed by atoms with Crippen molar-refractivity contribution >= 4 is 17.4 Å². The Morgan fingerprint density at radius 2 is 1.74 bits per heavy atom. The number of urea groups is 1. The fourth-order valence-electron chi connectivity index (χ4n) is 5.01. The van der Waals surface area contributed by atoms with Crippen LogP contribution in [0, 0.1) is 6.92 Å². The highest BCUT2D eigenvalue weighted by Gasteiger charge is 2.31. The van der Waals surface area contributed by atoms with Crippen LogP contribution in [0.4, 0.5) is 18.0 Å². The Kier molecular flexibility index (Phi) is 10.4. The van der Waals surface area contributed by atoms with Gasteiger partial charge in [-0.15, -0.1) is 29.6 Å². The van der Waals surface area contributed by atoms with Crippen molar-refractivity contribution in [1.82, 2.24) is 24.6 Å². The molecule has 2 amide bonds. The number of carbonyl (C=O) groups is 1. The fourth-order valence-corrected chi connectivity index (χ4v) is 5.88.